The van der Waals surface area contributed by atoms with E-state index in [2.05, 4.69) is 26.0 Å². The van der Waals surface area contributed by atoms with Crippen LogP contribution in [0, 0.1) is 5.82 Å². The lowest BCUT2D eigenvalue weighted by atomic mass is 10.0. The third-order valence-corrected chi connectivity index (χ3v) is 6.99. The molecule has 1 aliphatic heterocycles. The van der Waals surface area contributed by atoms with Gasteiger partial charge in [0.2, 0.25) is 0 Å². The summed E-state index contributed by atoms with van der Waals surface area (Å²) in [6, 6.07) is 6.40. The lowest BCUT2D eigenvalue weighted by molar-refractivity contribution is 0.0925. The number of hydrogen-bond donors (Lipinski definition) is 3. The topological polar surface area (TPSA) is 105 Å². The lowest BCUT2D eigenvalue weighted by Crippen LogP contribution is -2.35. The number of nitrogens with one attached hydrogen (secondary N) is 2. The molecular formula is C20H20BrFN2O5S. The van der Waals surface area contributed by atoms with Crippen molar-refractivity contribution in [1.82, 2.24) is 5.32 Å². The highest BCUT2D eigenvalue weighted by Crippen LogP contribution is 2.43. The van der Waals surface area contributed by atoms with Crippen LogP contribution in [0.2, 0.25) is 0 Å². The summed E-state index contributed by atoms with van der Waals surface area (Å²) in [5.74, 6) is -1.72. The van der Waals surface area contributed by atoms with Crippen molar-refractivity contribution in [3.05, 3.63) is 51.7 Å². The van der Waals surface area contributed by atoms with E-state index in [9.17, 15) is 18.3 Å². The Bertz CT molecular complexity index is 1100. The average molecular weight is 499 g/mol. The number of aromatic hydroxyl groups is 1. The monoisotopic (exact) mass is 498 g/mol. The molecule has 1 unspecified atom stereocenters. The van der Waals surface area contributed by atoms with Gasteiger partial charge in [-0.05, 0) is 61.1 Å². The van der Waals surface area contributed by atoms with Gasteiger partial charge in [0.25, 0.3) is 15.9 Å². The minimum atomic E-state index is -4.17. The van der Waals surface area contributed by atoms with E-state index in [0.717, 1.165) is 12.8 Å². The van der Waals surface area contributed by atoms with Crippen LogP contribution >= 0.6 is 15.9 Å². The van der Waals surface area contributed by atoms with E-state index in [1.165, 1.54) is 30.3 Å². The average Bonchev–Trinajstić information content (AvgIpc) is 3.41. The Hall–Kier alpha value is -2.17. The number of ether oxygens (including phenoxy) is 1. The highest BCUT2D eigenvalue weighted by Gasteiger charge is 2.31. The van der Waals surface area contributed by atoms with E-state index < -0.39 is 27.5 Å². The number of benzene rings is 2. The molecule has 0 aromatic heterocycles. The fourth-order valence-electron chi connectivity index (χ4n) is 3.39. The summed E-state index contributed by atoms with van der Waals surface area (Å²) in [4.78, 5) is 12.3. The van der Waals surface area contributed by atoms with Crippen molar-refractivity contribution < 1.29 is 27.4 Å². The SMILES string of the molecule is O=C(NC1CCOC1)c1cc(NS(=O)(=O)c2cc(Br)ccc2O)cc(C2CC2)c1F. The zero-order chi connectivity index (χ0) is 21.5. The second-order valence-electron chi connectivity index (χ2n) is 7.45. The summed E-state index contributed by atoms with van der Waals surface area (Å²) < 4.78 is 48.7. The van der Waals surface area contributed by atoms with Gasteiger partial charge in [-0.1, -0.05) is 15.9 Å². The number of anilines is 1. The molecule has 1 saturated heterocycles. The van der Waals surface area contributed by atoms with E-state index in [1.54, 1.807) is 0 Å². The van der Waals surface area contributed by atoms with E-state index in [4.69, 9.17) is 4.74 Å². The maximum atomic E-state index is 15.0. The summed E-state index contributed by atoms with van der Waals surface area (Å²) in [7, 11) is -4.17. The molecule has 30 heavy (non-hydrogen) atoms. The van der Waals surface area contributed by atoms with Gasteiger partial charge in [-0.25, -0.2) is 12.8 Å². The van der Waals surface area contributed by atoms with Crippen LogP contribution in [0.5, 0.6) is 5.75 Å². The van der Waals surface area contributed by atoms with Crippen LogP contribution in [0.1, 0.15) is 41.1 Å². The van der Waals surface area contributed by atoms with Gasteiger partial charge in [-0.15, -0.1) is 0 Å². The van der Waals surface area contributed by atoms with Crippen molar-refractivity contribution in [1.29, 1.82) is 0 Å². The molecule has 1 aliphatic carbocycles. The number of carbonyl (C=O) groups is 1. The number of carbonyl (C=O) groups excluding carboxylic acids is 1. The molecule has 2 aromatic carbocycles. The second-order valence-corrected chi connectivity index (χ2v) is 10.0. The van der Waals surface area contributed by atoms with Crippen LogP contribution in [0.3, 0.4) is 0 Å². The predicted molar refractivity (Wildman–Crippen MR) is 112 cm³/mol. The van der Waals surface area contributed by atoms with Crippen LogP contribution in [0.25, 0.3) is 0 Å². The Labute approximate surface area is 181 Å². The standard InChI is InChI=1S/C20H20BrFN2O5S/c21-12-3-4-17(25)18(7-12)30(27,28)24-14-8-15(11-1-2-11)19(22)16(9-14)20(26)23-13-5-6-29-10-13/h3-4,7-9,11,13,24-25H,1-2,5-6,10H2,(H,23,26). The molecule has 10 heteroatoms. The molecule has 2 aliphatic rings. The first-order chi connectivity index (χ1) is 14.2. The third-order valence-electron chi connectivity index (χ3n) is 5.09. The number of sulfonamides is 1. The number of rotatable bonds is 6. The summed E-state index contributed by atoms with van der Waals surface area (Å²) in [6.07, 6.45) is 2.19. The van der Waals surface area contributed by atoms with Crippen LogP contribution in [-0.2, 0) is 14.8 Å². The molecule has 1 heterocycles. The number of hydrogen-bond acceptors (Lipinski definition) is 5. The molecule has 160 valence electrons. The predicted octanol–water partition coefficient (Wildman–Crippen LogP) is 3.49. The number of halogens is 2. The van der Waals surface area contributed by atoms with Crippen molar-refractivity contribution in [3.63, 3.8) is 0 Å². The minimum Gasteiger partial charge on any atom is -0.507 e. The molecule has 0 spiro atoms. The van der Waals surface area contributed by atoms with Crippen molar-refractivity contribution in [2.75, 3.05) is 17.9 Å². The van der Waals surface area contributed by atoms with Gasteiger partial charge >= 0.3 is 0 Å². The quantitative estimate of drug-likeness (QED) is 0.565. The molecule has 4 rings (SSSR count). The molecule has 0 bridgehead atoms. The highest BCUT2D eigenvalue weighted by molar-refractivity contribution is 9.10. The molecule has 7 nitrogen and oxygen atoms in total. The van der Waals surface area contributed by atoms with Crippen molar-refractivity contribution in [2.45, 2.75) is 36.1 Å². The van der Waals surface area contributed by atoms with Gasteiger partial charge in [-0.2, -0.15) is 0 Å². The molecule has 1 amide bonds. The van der Waals surface area contributed by atoms with Crippen LogP contribution in [0.4, 0.5) is 10.1 Å². The van der Waals surface area contributed by atoms with Gasteiger partial charge in [0.15, 0.2) is 0 Å². The maximum absolute atomic E-state index is 15.0. The van der Waals surface area contributed by atoms with Crippen molar-refractivity contribution in [2.24, 2.45) is 0 Å². The number of amides is 1. The zero-order valence-electron chi connectivity index (χ0n) is 15.8. The van der Waals surface area contributed by atoms with Gasteiger partial charge < -0.3 is 15.2 Å². The minimum absolute atomic E-state index is 0.0462. The third kappa shape index (κ3) is 4.45. The van der Waals surface area contributed by atoms with Gasteiger partial charge in [0, 0.05) is 11.1 Å². The fourth-order valence-corrected chi connectivity index (χ4v) is 5.06. The summed E-state index contributed by atoms with van der Waals surface area (Å²) in [6.45, 7) is 0.883. The molecule has 2 fully saturated rings. The number of phenolic OH excluding ortho intramolecular Hbond substituents is 1. The van der Waals surface area contributed by atoms with E-state index in [0.29, 0.717) is 29.7 Å². The highest BCUT2D eigenvalue weighted by atomic mass is 79.9. The van der Waals surface area contributed by atoms with Crippen LogP contribution in [0.15, 0.2) is 39.7 Å². The van der Waals surface area contributed by atoms with Gasteiger partial charge in [-0.3, -0.25) is 9.52 Å². The fraction of sp³-hybridized carbons (Fsp3) is 0.350. The summed E-state index contributed by atoms with van der Waals surface area (Å²) in [5.41, 5.74) is 0.148. The van der Waals surface area contributed by atoms with Gasteiger partial charge in [0.05, 0.1) is 23.9 Å². The van der Waals surface area contributed by atoms with E-state index in [1.807, 2.05) is 0 Å². The molecule has 0 radical (unpaired) electrons. The molecule has 1 atom stereocenters. The molecule has 1 saturated carbocycles. The first kappa shape index (κ1) is 21.1. The Morgan fingerprint density at radius 2 is 1.97 bits per heavy atom. The smallest absolute Gasteiger partial charge is 0.265 e. The maximum Gasteiger partial charge on any atom is 0.265 e. The Morgan fingerprint density at radius 1 is 1.20 bits per heavy atom. The summed E-state index contributed by atoms with van der Waals surface area (Å²) in [5, 5.41) is 12.7. The Morgan fingerprint density at radius 3 is 2.63 bits per heavy atom. The van der Waals surface area contributed by atoms with E-state index in [-0.39, 0.29) is 28.1 Å². The zero-order valence-corrected chi connectivity index (χ0v) is 18.2. The van der Waals surface area contributed by atoms with Crippen molar-refractivity contribution in [3.8, 4) is 5.75 Å². The first-order valence-electron chi connectivity index (χ1n) is 9.48. The van der Waals surface area contributed by atoms with Crippen molar-refractivity contribution >= 4 is 37.5 Å². The Kier molecular flexibility index (Phi) is 5.73. The van der Waals surface area contributed by atoms with Crippen LogP contribution in [-0.4, -0.2) is 38.7 Å². The normalized spacial score (nSPS) is 18.9. The lowest BCUT2D eigenvalue weighted by Gasteiger charge is -2.16. The van der Waals surface area contributed by atoms with Gasteiger partial charge in [0.1, 0.15) is 16.5 Å². The summed E-state index contributed by atoms with van der Waals surface area (Å²) >= 11 is 3.18. The molecule has 2 aromatic rings. The first-order valence-corrected chi connectivity index (χ1v) is 11.8. The van der Waals surface area contributed by atoms with Crippen LogP contribution < -0.4 is 10.0 Å². The number of phenols is 1. The second kappa shape index (κ2) is 8.16. The van der Waals surface area contributed by atoms with E-state index >= 15 is 4.39 Å². The molecular weight excluding hydrogens is 479 g/mol. The largest absolute Gasteiger partial charge is 0.507 e. The molecule has 3 N–H and O–H groups in total. The Balaban J connectivity index is 1.68.